The fraction of sp³-hybridized carbons (Fsp3) is 0.300. The number of benzene rings is 2. The Hall–Kier alpha value is -5.13. The van der Waals surface area contributed by atoms with Gasteiger partial charge in [-0.1, -0.05) is 36.4 Å². The number of aromatic nitrogens is 4. The number of nitrogens with zero attached hydrogens (tertiary/aromatic N) is 6. The van der Waals surface area contributed by atoms with Gasteiger partial charge in [-0.25, -0.2) is 19.7 Å². The highest BCUT2D eigenvalue weighted by atomic mass is 16.6. The Kier molecular flexibility index (Phi) is 7.84. The molecule has 216 valence electrons. The zero-order valence-corrected chi connectivity index (χ0v) is 23.1. The molecule has 4 aromatic rings. The Balaban J connectivity index is 1.21. The van der Waals surface area contributed by atoms with Crippen molar-refractivity contribution >= 4 is 17.8 Å². The lowest BCUT2D eigenvalue weighted by atomic mass is 10.1. The summed E-state index contributed by atoms with van der Waals surface area (Å²) in [4.78, 5) is 43.3. The van der Waals surface area contributed by atoms with Crippen LogP contribution in [0.4, 0.5) is 10.6 Å². The first-order chi connectivity index (χ1) is 20.5. The zero-order chi connectivity index (χ0) is 28.9. The van der Waals surface area contributed by atoms with Gasteiger partial charge in [0.2, 0.25) is 5.91 Å². The number of fused-ring (bicyclic) bond motifs is 1. The van der Waals surface area contributed by atoms with Crippen molar-refractivity contribution in [2.45, 2.75) is 25.6 Å². The summed E-state index contributed by atoms with van der Waals surface area (Å²) in [6.45, 7) is 3.90. The second-order valence-corrected chi connectivity index (χ2v) is 10.0. The average Bonchev–Trinajstić information content (AvgIpc) is 3.59. The molecule has 2 aliphatic rings. The van der Waals surface area contributed by atoms with Crippen molar-refractivity contribution < 1.29 is 23.8 Å². The summed E-state index contributed by atoms with van der Waals surface area (Å²) >= 11 is 0. The van der Waals surface area contributed by atoms with E-state index in [9.17, 15) is 9.59 Å². The number of carbonyl (C=O) groups is 2. The van der Waals surface area contributed by atoms with Crippen LogP contribution in [0.25, 0.3) is 5.82 Å². The molecule has 2 unspecified atom stereocenters. The van der Waals surface area contributed by atoms with E-state index in [1.165, 1.54) is 6.33 Å². The Labute approximate surface area is 242 Å². The Morgan fingerprint density at radius 2 is 1.83 bits per heavy atom. The quantitative estimate of drug-likeness (QED) is 0.357. The number of hydrogen-bond donors (Lipinski definition) is 1. The molecule has 2 aliphatic heterocycles. The van der Waals surface area contributed by atoms with Crippen molar-refractivity contribution in [1.82, 2.24) is 29.7 Å². The molecule has 4 heterocycles. The third kappa shape index (κ3) is 5.97. The standard InChI is InChI=1S/C30H31N7O5/c1-21(23-7-8-25-26(15-23)41-14-13-40-25)34-29(38)24-17-35(30(39)42-18-22-5-3-2-4-6-22)11-12-37(24)28-16-27(32-19-33-28)36-10-9-31-20-36/h2-10,15-16,19-21,24H,11-14,17-18H2,1H3,(H,34,38). The highest BCUT2D eigenvalue weighted by Gasteiger charge is 2.36. The normalized spacial score (nSPS) is 16.9. The minimum atomic E-state index is -0.728. The highest BCUT2D eigenvalue weighted by Crippen LogP contribution is 2.32. The second-order valence-electron chi connectivity index (χ2n) is 10.0. The van der Waals surface area contributed by atoms with E-state index in [4.69, 9.17) is 14.2 Å². The number of piperazine rings is 1. The Bertz CT molecular complexity index is 1530. The molecule has 2 aromatic heterocycles. The third-order valence-electron chi connectivity index (χ3n) is 7.27. The molecule has 12 heteroatoms. The fourth-order valence-electron chi connectivity index (χ4n) is 5.01. The number of anilines is 1. The summed E-state index contributed by atoms with van der Waals surface area (Å²) in [5, 5.41) is 3.12. The summed E-state index contributed by atoms with van der Waals surface area (Å²) in [5.41, 5.74) is 1.76. The molecule has 1 fully saturated rings. The third-order valence-corrected chi connectivity index (χ3v) is 7.27. The van der Waals surface area contributed by atoms with Gasteiger partial charge in [0, 0.05) is 31.5 Å². The van der Waals surface area contributed by atoms with E-state index in [0.717, 1.165) is 11.1 Å². The van der Waals surface area contributed by atoms with Gasteiger partial charge in [0.25, 0.3) is 0 Å². The topological polar surface area (TPSA) is 124 Å². The van der Waals surface area contributed by atoms with Crippen LogP contribution < -0.4 is 19.7 Å². The van der Waals surface area contributed by atoms with Gasteiger partial charge in [0.15, 0.2) is 11.5 Å². The minimum Gasteiger partial charge on any atom is -0.486 e. The van der Waals surface area contributed by atoms with E-state index < -0.39 is 12.1 Å². The SMILES string of the molecule is CC(NC(=O)C1CN(C(=O)OCc2ccccc2)CCN1c1cc(-n2ccnc2)ncn1)c1ccc2c(c1)OCCO2. The highest BCUT2D eigenvalue weighted by molar-refractivity contribution is 5.87. The van der Waals surface area contributed by atoms with Crippen LogP contribution in [0.3, 0.4) is 0 Å². The van der Waals surface area contributed by atoms with Gasteiger partial charge in [-0.3, -0.25) is 9.36 Å². The van der Waals surface area contributed by atoms with Crippen molar-refractivity contribution in [3.63, 3.8) is 0 Å². The number of amides is 2. The minimum absolute atomic E-state index is 0.123. The van der Waals surface area contributed by atoms with Gasteiger partial charge in [-0.2, -0.15) is 0 Å². The molecule has 1 saturated heterocycles. The first-order valence-electron chi connectivity index (χ1n) is 13.8. The van der Waals surface area contributed by atoms with Crippen LogP contribution >= 0.6 is 0 Å². The Morgan fingerprint density at radius 3 is 2.64 bits per heavy atom. The molecule has 2 aromatic carbocycles. The lowest BCUT2D eigenvalue weighted by Crippen LogP contribution is -2.60. The molecule has 0 aliphatic carbocycles. The lowest BCUT2D eigenvalue weighted by molar-refractivity contribution is -0.123. The number of ether oxygens (including phenoxy) is 3. The summed E-state index contributed by atoms with van der Waals surface area (Å²) in [6, 6.07) is 15.9. The fourth-order valence-corrected chi connectivity index (χ4v) is 5.01. The van der Waals surface area contributed by atoms with Crippen LogP contribution in [0, 0.1) is 0 Å². The number of nitrogens with one attached hydrogen (secondary N) is 1. The molecule has 0 bridgehead atoms. The van der Waals surface area contributed by atoms with Gasteiger partial charge >= 0.3 is 6.09 Å². The number of carbonyl (C=O) groups excluding carboxylic acids is 2. The van der Waals surface area contributed by atoms with Crippen LogP contribution in [-0.2, 0) is 16.1 Å². The smallest absolute Gasteiger partial charge is 0.410 e. The summed E-state index contributed by atoms with van der Waals surface area (Å²) in [7, 11) is 0. The van der Waals surface area contributed by atoms with Gasteiger partial charge in [0.1, 0.15) is 50.2 Å². The van der Waals surface area contributed by atoms with Gasteiger partial charge < -0.3 is 29.3 Å². The summed E-state index contributed by atoms with van der Waals surface area (Å²) < 4.78 is 18.7. The molecule has 2 atom stereocenters. The van der Waals surface area contributed by atoms with Crippen LogP contribution in [0.1, 0.15) is 24.1 Å². The van der Waals surface area contributed by atoms with Crippen LogP contribution in [0.15, 0.2) is 79.6 Å². The van der Waals surface area contributed by atoms with E-state index >= 15 is 0 Å². The predicted molar refractivity (Wildman–Crippen MR) is 152 cm³/mol. The maximum Gasteiger partial charge on any atom is 0.410 e. The monoisotopic (exact) mass is 569 g/mol. The maximum absolute atomic E-state index is 13.9. The van der Waals surface area contributed by atoms with E-state index in [1.54, 1.807) is 34.3 Å². The average molecular weight is 570 g/mol. The van der Waals surface area contributed by atoms with Crippen LogP contribution in [0.5, 0.6) is 11.5 Å². The van der Waals surface area contributed by atoms with E-state index in [0.29, 0.717) is 49.4 Å². The number of rotatable bonds is 7. The molecule has 0 spiro atoms. The number of hydrogen-bond acceptors (Lipinski definition) is 9. The molecule has 1 N–H and O–H groups in total. The largest absolute Gasteiger partial charge is 0.486 e. The zero-order valence-electron chi connectivity index (χ0n) is 23.1. The van der Waals surface area contributed by atoms with Crippen molar-refractivity contribution in [2.24, 2.45) is 0 Å². The molecule has 12 nitrogen and oxygen atoms in total. The maximum atomic E-state index is 13.9. The van der Waals surface area contributed by atoms with Crippen molar-refractivity contribution in [3.05, 3.63) is 90.8 Å². The van der Waals surface area contributed by atoms with Gasteiger partial charge in [-0.15, -0.1) is 0 Å². The second kappa shape index (κ2) is 12.2. The van der Waals surface area contributed by atoms with Crippen LogP contribution in [0.2, 0.25) is 0 Å². The molecule has 42 heavy (non-hydrogen) atoms. The van der Waals surface area contributed by atoms with E-state index in [-0.39, 0.29) is 25.1 Å². The van der Waals surface area contributed by atoms with Crippen molar-refractivity contribution in [2.75, 3.05) is 37.7 Å². The first-order valence-corrected chi connectivity index (χ1v) is 13.8. The molecule has 6 rings (SSSR count). The first kappa shape index (κ1) is 27.1. The summed E-state index contributed by atoms with van der Waals surface area (Å²) in [5.74, 6) is 2.27. The van der Waals surface area contributed by atoms with Gasteiger partial charge in [0.05, 0.1) is 12.6 Å². The van der Waals surface area contributed by atoms with Crippen molar-refractivity contribution in [1.29, 1.82) is 0 Å². The molecular weight excluding hydrogens is 538 g/mol. The van der Waals surface area contributed by atoms with Gasteiger partial charge in [-0.05, 0) is 30.2 Å². The van der Waals surface area contributed by atoms with E-state index in [2.05, 4.69) is 20.3 Å². The van der Waals surface area contributed by atoms with E-state index in [1.807, 2.05) is 60.4 Å². The van der Waals surface area contributed by atoms with Crippen LogP contribution in [-0.4, -0.2) is 75.3 Å². The lowest BCUT2D eigenvalue weighted by Gasteiger charge is -2.41. The Morgan fingerprint density at radius 1 is 1.02 bits per heavy atom. The molecule has 2 amide bonds. The number of imidazole rings is 1. The molecule has 0 radical (unpaired) electrons. The molecular formula is C30H31N7O5. The molecule has 0 saturated carbocycles. The predicted octanol–water partition coefficient (Wildman–Crippen LogP) is 3.14. The summed E-state index contributed by atoms with van der Waals surface area (Å²) in [6.07, 6.45) is 6.07. The van der Waals surface area contributed by atoms with Crippen molar-refractivity contribution in [3.8, 4) is 17.3 Å².